The fraction of sp³-hybridized carbons (Fsp3) is 0.188. The first-order valence-corrected chi connectivity index (χ1v) is 15.2. The molecule has 1 atom stereocenters. The van der Waals surface area contributed by atoms with Gasteiger partial charge >= 0.3 is 11.9 Å². The van der Waals surface area contributed by atoms with Gasteiger partial charge < -0.3 is 14.2 Å². The summed E-state index contributed by atoms with van der Waals surface area (Å²) in [4.78, 5) is 44.8. The topological polar surface area (TPSA) is 96.2 Å². The van der Waals surface area contributed by atoms with Gasteiger partial charge in [0.2, 0.25) is 0 Å². The average Bonchev–Trinajstić information content (AvgIpc) is 3.28. The average molecular weight is 695 g/mol. The van der Waals surface area contributed by atoms with E-state index in [-0.39, 0.29) is 17.9 Å². The molecule has 0 N–H and O–H groups in total. The van der Waals surface area contributed by atoms with Crippen LogP contribution in [0.3, 0.4) is 0 Å². The van der Waals surface area contributed by atoms with E-state index in [1.54, 1.807) is 54.8 Å². The van der Waals surface area contributed by atoms with E-state index >= 15 is 0 Å². The summed E-state index contributed by atoms with van der Waals surface area (Å²) >= 11 is 3.32. The highest BCUT2D eigenvalue weighted by molar-refractivity contribution is 14.1. The summed E-state index contributed by atoms with van der Waals surface area (Å²) < 4.78 is 19.6. The van der Waals surface area contributed by atoms with Crippen molar-refractivity contribution in [3.63, 3.8) is 0 Å². The van der Waals surface area contributed by atoms with Gasteiger partial charge in [-0.05, 0) is 84.8 Å². The first-order valence-electron chi connectivity index (χ1n) is 13.3. The Morgan fingerprint density at radius 3 is 2.43 bits per heavy atom. The van der Waals surface area contributed by atoms with Crippen LogP contribution < -0.4 is 24.4 Å². The predicted molar refractivity (Wildman–Crippen MR) is 169 cm³/mol. The van der Waals surface area contributed by atoms with Crippen molar-refractivity contribution in [3.05, 3.63) is 124 Å². The zero-order valence-corrected chi connectivity index (χ0v) is 26.1. The predicted octanol–water partition coefficient (Wildman–Crippen LogP) is 5.02. The number of halogens is 1. The Hall–Kier alpha value is -4.03. The van der Waals surface area contributed by atoms with Crippen LogP contribution in [-0.2, 0) is 9.53 Å². The van der Waals surface area contributed by atoms with Crippen LogP contribution in [0.15, 0.2) is 93.9 Å². The number of carbonyl (C=O) groups excluding carboxylic acids is 2. The molecule has 5 rings (SSSR count). The van der Waals surface area contributed by atoms with Crippen LogP contribution in [-0.4, -0.2) is 29.7 Å². The lowest BCUT2D eigenvalue weighted by atomic mass is 9.96. The molecule has 1 aliphatic heterocycles. The van der Waals surface area contributed by atoms with E-state index in [1.807, 2.05) is 49.4 Å². The summed E-state index contributed by atoms with van der Waals surface area (Å²) in [5.74, 6) is -0.339. The molecule has 0 saturated carbocycles. The van der Waals surface area contributed by atoms with Gasteiger partial charge in [-0.2, -0.15) is 0 Å². The summed E-state index contributed by atoms with van der Waals surface area (Å²) in [5, 5.41) is 0. The summed E-state index contributed by atoms with van der Waals surface area (Å²) in [7, 11) is 0. The number of benzene rings is 3. The maximum atomic E-state index is 13.9. The Balaban J connectivity index is 1.56. The van der Waals surface area contributed by atoms with Gasteiger partial charge in [-0.15, -0.1) is 0 Å². The number of hydrogen-bond donors (Lipinski definition) is 0. The van der Waals surface area contributed by atoms with Gasteiger partial charge in [-0.25, -0.2) is 14.6 Å². The van der Waals surface area contributed by atoms with Crippen LogP contribution in [0.1, 0.15) is 48.3 Å². The second kappa shape index (κ2) is 12.9. The first-order chi connectivity index (χ1) is 20.3. The van der Waals surface area contributed by atoms with Crippen LogP contribution in [0.4, 0.5) is 0 Å². The largest absolute Gasteiger partial charge is 0.490 e. The van der Waals surface area contributed by atoms with Crippen LogP contribution in [0.5, 0.6) is 11.5 Å². The second-order valence-electron chi connectivity index (χ2n) is 9.22. The van der Waals surface area contributed by atoms with Crippen molar-refractivity contribution in [1.29, 1.82) is 0 Å². The Kier molecular flexibility index (Phi) is 9.03. The number of aromatic nitrogens is 1. The number of fused-ring (bicyclic) bond motifs is 1. The van der Waals surface area contributed by atoms with Crippen LogP contribution in [0, 0.1) is 3.57 Å². The quantitative estimate of drug-likeness (QED) is 0.146. The summed E-state index contributed by atoms with van der Waals surface area (Å²) in [6, 6.07) is 21.0. The molecular formula is C32H27IN2O6S. The number of nitrogens with zero attached hydrogens (tertiary/aromatic N) is 2. The third-order valence-corrected chi connectivity index (χ3v) is 8.42. The van der Waals surface area contributed by atoms with Crippen molar-refractivity contribution in [2.45, 2.75) is 26.8 Å². The second-order valence-corrected chi connectivity index (χ2v) is 11.4. The summed E-state index contributed by atoms with van der Waals surface area (Å²) in [6.45, 7) is 5.89. The molecule has 0 fully saturated rings. The smallest absolute Gasteiger partial charge is 0.344 e. The van der Waals surface area contributed by atoms with E-state index in [2.05, 4.69) is 27.6 Å². The van der Waals surface area contributed by atoms with Crippen molar-refractivity contribution in [2.75, 3.05) is 13.2 Å². The molecule has 0 saturated heterocycles. The van der Waals surface area contributed by atoms with Crippen molar-refractivity contribution in [3.8, 4) is 11.5 Å². The van der Waals surface area contributed by atoms with E-state index in [0.717, 1.165) is 9.13 Å². The molecule has 10 heteroatoms. The van der Waals surface area contributed by atoms with Gasteiger partial charge in [0.15, 0.2) is 16.3 Å². The van der Waals surface area contributed by atoms with Gasteiger partial charge in [0.05, 0.1) is 40.6 Å². The Morgan fingerprint density at radius 2 is 1.71 bits per heavy atom. The summed E-state index contributed by atoms with van der Waals surface area (Å²) in [5.41, 5.74) is 2.47. The molecule has 8 nitrogen and oxygen atoms in total. The molecule has 0 amide bonds. The van der Waals surface area contributed by atoms with E-state index in [4.69, 9.17) is 14.2 Å². The molecule has 3 aromatic carbocycles. The number of ether oxygens (including phenoxy) is 3. The third kappa shape index (κ3) is 5.95. The zero-order valence-electron chi connectivity index (χ0n) is 23.1. The molecule has 42 heavy (non-hydrogen) atoms. The summed E-state index contributed by atoms with van der Waals surface area (Å²) in [6.07, 6.45) is 1.74. The van der Waals surface area contributed by atoms with Crippen LogP contribution >= 0.6 is 33.9 Å². The Bertz CT molecular complexity index is 1880. The Labute approximate surface area is 259 Å². The normalized spacial score (nSPS) is 14.7. The van der Waals surface area contributed by atoms with Crippen molar-refractivity contribution >= 4 is 51.9 Å². The molecule has 1 aromatic heterocycles. The molecule has 0 unspecified atom stereocenters. The number of carbonyl (C=O) groups is 2. The molecule has 4 aromatic rings. The van der Waals surface area contributed by atoms with E-state index < -0.39 is 18.0 Å². The van der Waals surface area contributed by atoms with Crippen LogP contribution in [0.2, 0.25) is 0 Å². The molecule has 0 aliphatic carbocycles. The maximum absolute atomic E-state index is 13.9. The van der Waals surface area contributed by atoms with Crippen molar-refractivity contribution < 1.29 is 23.8 Å². The zero-order chi connectivity index (χ0) is 29.8. The van der Waals surface area contributed by atoms with Crippen molar-refractivity contribution in [1.82, 2.24) is 4.57 Å². The standard InChI is InChI=1S/C32H27IN2O6S/c1-4-39-25-17-20(15-16-24(25)41-30(37)22-13-9-10-14-23(22)33)18-26-29(36)35-28(21-11-7-6-8-12-21)27(31(38)40-5-2)19(3)34-32(35)42-26/h6-18,28H,4-5H2,1-3H3/b26-18+/t28-/m0/s1. The molecule has 214 valence electrons. The molecule has 0 spiro atoms. The number of thiazole rings is 1. The van der Waals surface area contributed by atoms with E-state index in [0.29, 0.717) is 44.1 Å². The fourth-order valence-corrected chi connectivity index (χ4v) is 6.30. The Morgan fingerprint density at radius 1 is 0.976 bits per heavy atom. The highest BCUT2D eigenvalue weighted by Gasteiger charge is 2.33. The molecule has 0 bridgehead atoms. The molecule has 2 heterocycles. The van der Waals surface area contributed by atoms with E-state index in [9.17, 15) is 14.4 Å². The van der Waals surface area contributed by atoms with E-state index in [1.165, 1.54) is 11.3 Å². The lowest BCUT2D eigenvalue weighted by Gasteiger charge is -2.24. The number of hydrogen-bond acceptors (Lipinski definition) is 8. The van der Waals surface area contributed by atoms with Gasteiger partial charge in [0, 0.05) is 3.57 Å². The highest BCUT2D eigenvalue weighted by Crippen LogP contribution is 2.32. The lowest BCUT2D eigenvalue weighted by molar-refractivity contribution is -0.139. The molecule has 1 aliphatic rings. The SMILES string of the molecule is CCOC(=O)C1=C(C)N=c2s/c(=C/c3ccc(OC(=O)c4ccccc4I)c(OCC)c3)c(=O)n2[C@H]1c1ccccc1. The van der Waals surface area contributed by atoms with Crippen molar-refractivity contribution in [2.24, 2.45) is 4.99 Å². The minimum atomic E-state index is -0.676. The molecule has 0 radical (unpaired) electrons. The number of rotatable bonds is 8. The minimum Gasteiger partial charge on any atom is -0.490 e. The monoisotopic (exact) mass is 694 g/mol. The van der Waals surface area contributed by atoms with Gasteiger partial charge in [-0.1, -0.05) is 59.9 Å². The maximum Gasteiger partial charge on any atom is 0.344 e. The number of allylic oxidation sites excluding steroid dienone is 1. The van der Waals surface area contributed by atoms with Gasteiger partial charge in [0.25, 0.3) is 5.56 Å². The molecular weight excluding hydrogens is 667 g/mol. The first kappa shape index (κ1) is 29.5. The number of esters is 2. The fourth-order valence-electron chi connectivity index (χ4n) is 4.64. The third-order valence-electron chi connectivity index (χ3n) is 6.49. The van der Waals surface area contributed by atoms with Crippen LogP contribution in [0.25, 0.3) is 6.08 Å². The highest BCUT2D eigenvalue weighted by atomic mass is 127. The van der Waals surface area contributed by atoms with Gasteiger partial charge in [0.1, 0.15) is 0 Å². The van der Waals surface area contributed by atoms with Gasteiger partial charge in [-0.3, -0.25) is 9.36 Å². The lowest BCUT2D eigenvalue weighted by Crippen LogP contribution is -2.39. The minimum absolute atomic E-state index is 0.208.